The van der Waals surface area contributed by atoms with Crippen molar-refractivity contribution in [1.29, 1.82) is 0 Å². The van der Waals surface area contributed by atoms with Gasteiger partial charge >= 0.3 is 0 Å². The fourth-order valence-corrected chi connectivity index (χ4v) is 3.28. The molecule has 2 rings (SSSR count). The normalized spacial score (nSPS) is 11.9. The Morgan fingerprint density at radius 1 is 1.00 bits per heavy atom. The van der Waals surface area contributed by atoms with Gasteiger partial charge in [-0.25, -0.2) is 0 Å². The second kappa shape index (κ2) is 10.9. The molecule has 2 aromatic rings. The molecule has 4 nitrogen and oxygen atoms in total. The van der Waals surface area contributed by atoms with Crippen molar-refractivity contribution in [1.82, 2.24) is 10.2 Å². The summed E-state index contributed by atoms with van der Waals surface area (Å²) in [6, 6.07) is 16.8. The van der Waals surface area contributed by atoms with Crippen LogP contribution in [0.25, 0.3) is 0 Å². The third kappa shape index (κ3) is 6.68. The first-order valence-corrected chi connectivity index (χ1v) is 10.2. The molecule has 28 heavy (non-hydrogen) atoms. The molecule has 0 aliphatic rings. The average Bonchev–Trinajstić information content (AvgIpc) is 2.67. The van der Waals surface area contributed by atoms with E-state index in [0.717, 1.165) is 11.1 Å². The monoisotopic (exact) mass is 400 g/mol. The highest BCUT2D eigenvalue weighted by Gasteiger charge is 2.28. The summed E-state index contributed by atoms with van der Waals surface area (Å²) in [5, 5.41) is 3.59. The van der Waals surface area contributed by atoms with Crippen molar-refractivity contribution < 1.29 is 9.59 Å². The van der Waals surface area contributed by atoms with Crippen LogP contribution in [0.2, 0.25) is 5.02 Å². The van der Waals surface area contributed by atoms with E-state index in [-0.39, 0.29) is 24.3 Å². The maximum absolute atomic E-state index is 13.1. The quantitative estimate of drug-likeness (QED) is 0.683. The smallest absolute Gasteiger partial charge is 0.242 e. The molecule has 1 atom stereocenters. The van der Waals surface area contributed by atoms with Gasteiger partial charge in [-0.3, -0.25) is 9.59 Å². The fraction of sp³-hybridized carbons (Fsp3) is 0.391. The van der Waals surface area contributed by atoms with Crippen molar-refractivity contribution in [3.63, 3.8) is 0 Å². The molecule has 0 unspecified atom stereocenters. The molecule has 0 spiro atoms. The standard InChI is InChI=1S/C23H29ClN2O2/c1-4-21(23(28)25-17(2)3)26(15-14-18-8-6-5-7-9-18)22(27)16-19-10-12-20(24)13-11-19/h5-13,17,21H,4,14-16H2,1-3H3,(H,25,28)/t21-/m1/s1. The highest BCUT2D eigenvalue weighted by Crippen LogP contribution is 2.14. The zero-order valence-electron chi connectivity index (χ0n) is 16.8. The first-order valence-electron chi connectivity index (χ1n) is 9.79. The third-order valence-corrected chi connectivity index (χ3v) is 4.82. The van der Waals surface area contributed by atoms with Gasteiger partial charge in [-0.05, 0) is 49.9 Å². The van der Waals surface area contributed by atoms with Crippen molar-refractivity contribution in [2.45, 2.75) is 52.1 Å². The van der Waals surface area contributed by atoms with Crippen LogP contribution in [-0.2, 0) is 22.4 Å². The Balaban J connectivity index is 2.18. The van der Waals surface area contributed by atoms with E-state index < -0.39 is 6.04 Å². The maximum atomic E-state index is 13.1. The molecule has 0 saturated carbocycles. The Bertz CT molecular complexity index is 760. The number of rotatable bonds is 9. The number of hydrogen-bond donors (Lipinski definition) is 1. The minimum Gasteiger partial charge on any atom is -0.352 e. The predicted molar refractivity (Wildman–Crippen MR) is 114 cm³/mol. The molecule has 150 valence electrons. The zero-order chi connectivity index (χ0) is 20.5. The van der Waals surface area contributed by atoms with Crippen LogP contribution in [0.15, 0.2) is 54.6 Å². The van der Waals surface area contributed by atoms with Gasteiger partial charge in [-0.2, -0.15) is 0 Å². The first kappa shape index (κ1) is 22.0. The lowest BCUT2D eigenvalue weighted by Gasteiger charge is -2.31. The Hall–Kier alpha value is -2.33. The van der Waals surface area contributed by atoms with Crippen LogP contribution >= 0.6 is 11.6 Å². The van der Waals surface area contributed by atoms with E-state index in [0.29, 0.717) is 24.4 Å². The highest BCUT2D eigenvalue weighted by molar-refractivity contribution is 6.30. The van der Waals surface area contributed by atoms with E-state index in [1.54, 1.807) is 17.0 Å². The Labute approximate surface area is 172 Å². The summed E-state index contributed by atoms with van der Waals surface area (Å²) in [5.41, 5.74) is 2.03. The third-order valence-electron chi connectivity index (χ3n) is 4.57. The average molecular weight is 401 g/mol. The van der Waals surface area contributed by atoms with Crippen molar-refractivity contribution in [3.05, 3.63) is 70.7 Å². The summed E-state index contributed by atoms with van der Waals surface area (Å²) in [7, 11) is 0. The van der Waals surface area contributed by atoms with Gasteiger partial charge in [0, 0.05) is 17.6 Å². The topological polar surface area (TPSA) is 49.4 Å². The molecule has 0 heterocycles. The minimum absolute atomic E-state index is 0.0314. The van der Waals surface area contributed by atoms with Gasteiger partial charge in [0.15, 0.2) is 0 Å². The van der Waals surface area contributed by atoms with Crippen molar-refractivity contribution in [2.75, 3.05) is 6.54 Å². The number of halogens is 1. The Kier molecular flexibility index (Phi) is 8.52. The number of amides is 2. The van der Waals surface area contributed by atoms with Crippen molar-refractivity contribution in [2.24, 2.45) is 0 Å². The van der Waals surface area contributed by atoms with Crippen LogP contribution in [0.3, 0.4) is 0 Å². The summed E-state index contributed by atoms with van der Waals surface area (Å²) in [6.07, 6.45) is 1.52. The van der Waals surface area contributed by atoms with Gasteiger partial charge in [0.2, 0.25) is 11.8 Å². The van der Waals surface area contributed by atoms with Crippen molar-refractivity contribution in [3.8, 4) is 0 Å². The van der Waals surface area contributed by atoms with E-state index in [2.05, 4.69) is 5.32 Å². The molecule has 2 aromatic carbocycles. The van der Waals surface area contributed by atoms with Crippen LogP contribution in [0.1, 0.15) is 38.3 Å². The molecule has 5 heteroatoms. The van der Waals surface area contributed by atoms with E-state index >= 15 is 0 Å². The molecular weight excluding hydrogens is 372 g/mol. The SMILES string of the molecule is CC[C@H](C(=O)NC(C)C)N(CCc1ccccc1)C(=O)Cc1ccc(Cl)cc1. The zero-order valence-corrected chi connectivity index (χ0v) is 17.6. The summed E-state index contributed by atoms with van der Waals surface area (Å²) in [6.45, 7) is 6.29. The van der Waals surface area contributed by atoms with E-state index in [9.17, 15) is 9.59 Å². The molecule has 0 bridgehead atoms. The largest absolute Gasteiger partial charge is 0.352 e. The minimum atomic E-state index is -0.481. The van der Waals surface area contributed by atoms with Gasteiger partial charge in [0.25, 0.3) is 0 Å². The van der Waals surface area contributed by atoms with Gasteiger partial charge in [-0.1, -0.05) is 61.0 Å². The number of carbonyl (C=O) groups is 2. The van der Waals surface area contributed by atoms with Gasteiger partial charge in [0.1, 0.15) is 6.04 Å². The van der Waals surface area contributed by atoms with E-state index in [4.69, 9.17) is 11.6 Å². The number of benzene rings is 2. The van der Waals surface area contributed by atoms with Gasteiger partial charge < -0.3 is 10.2 Å². The lowest BCUT2D eigenvalue weighted by molar-refractivity contribution is -0.140. The predicted octanol–water partition coefficient (Wildman–Crippen LogP) is 4.26. The molecular formula is C23H29ClN2O2. The van der Waals surface area contributed by atoms with Gasteiger partial charge in [0.05, 0.1) is 6.42 Å². The molecule has 0 radical (unpaired) electrons. The molecule has 0 fully saturated rings. The summed E-state index contributed by atoms with van der Waals surface area (Å²) < 4.78 is 0. The molecule has 2 amide bonds. The van der Waals surface area contributed by atoms with Crippen LogP contribution < -0.4 is 5.32 Å². The van der Waals surface area contributed by atoms with Crippen LogP contribution in [0, 0.1) is 0 Å². The second-order valence-electron chi connectivity index (χ2n) is 7.21. The lowest BCUT2D eigenvalue weighted by Crippen LogP contribution is -2.51. The molecule has 1 N–H and O–H groups in total. The van der Waals surface area contributed by atoms with Crippen LogP contribution in [0.5, 0.6) is 0 Å². The van der Waals surface area contributed by atoms with Crippen molar-refractivity contribution >= 4 is 23.4 Å². The molecule has 0 aliphatic heterocycles. The van der Waals surface area contributed by atoms with E-state index in [1.807, 2.05) is 63.2 Å². The highest BCUT2D eigenvalue weighted by atomic mass is 35.5. The van der Waals surface area contributed by atoms with E-state index in [1.165, 1.54) is 0 Å². The summed E-state index contributed by atoms with van der Waals surface area (Å²) in [4.78, 5) is 27.6. The second-order valence-corrected chi connectivity index (χ2v) is 7.65. The molecule has 0 aromatic heterocycles. The van der Waals surface area contributed by atoms with Crippen LogP contribution in [-0.4, -0.2) is 35.3 Å². The summed E-state index contributed by atoms with van der Waals surface area (Å²) in [5.74, 6) is -0.154. The van der Waals surface area contributed by atoms with Crippen LogP contribution in [0.4, 0.5) is 0 Å². The Morgan fingerprint density at radius 3 is 2.21 bits per heavy atom. The maximum Gasteiger partial charge on any atom is 0.242 e. The first-order chi connectivity index (χ1) is 13.4. The molecule has 0 aliphatic carbocycles. The number of hydrogen-bond acceptors (Lipinski definition) is 2. The number of carbonyl (C=O) groups excluding carboxylic acids is 2. The number of nitrogens with one attached hydrogen (secondary N) is 1. The number of nitrogens with zero attached hydrogens (tertiary/aromatic N) is 1. The Morgan fingerprint density at radius 2 is 1.64 bits per heavy atom. The lowest BCUT2D eigenvalue weighted by atomic mass is 10.1. The summed E-state index contributed by atoms with van der Waals surface area (Å²) >= 11 is 5.94. The molecule has 0 saturated heterocycles. The fourth-order valence-electron chi connectivity index (χ4n) is 3.16. The van der Waals surface area contributed by atoms with Gasteiger partial charge in [-0.15, -0.1) is 0 Å².